The number of anilines is 3. The Kier molecular flexibility index (Phi) is 9.71. The summed E-state index contributed by atoms with van der Waals surface area (Å²) in [5, 5.41) is 2.54. The first kappa shape index (κ1) is 43.6. The normalized spacial score (nSPS) is 14.0. The molecule has 0 saturated carbocycles. The molecular weight excluding hydrogens is 929 g/mol. The Morgan fingerprint density at radius 2 is 0.805 bits per heavy atom. The van der Waals surface area contributed by atoms with Gasteiger partial charge in [0.15, 0.2) is 0 Å². The van der Waals surface area contributed by atoms with E-state index in [9.17, 15) is 0 Å². The molecule has 1 heterocycles. The first-order chi connectivity index (χ1) is 38.2. The molecule has 0 aliphatic heterocycles. The van der Waals surface area contributed by atoms with Crippen molar-refractivity contribution in [2.75, 3.05) is 4.90 Å². The van der Waals surface area contributed by atoms with E-state index in [2.05, 4.69) is 295 Å². The van der Waals surface area contributed by atoms with Crippen molar-refractivity contribution in [2.24, 2.45) is 0 Å². The smallest absolute Gasteiger partial charge is 0.0726 e. The Morgan fingerprint density at radius 1 is 0.325 bits per heavy atom. The van der Waals surface area contributed by atoms with Gasteiger partial charge in [0.25, 0.3) is 0 Å². The van der Waals surface area contributed by atoms with Gasteiger partial charge in [0.1, 0.15) is 0 Å². The van der Waals surface area contributed by atoms with Crippen LogP contribution in [0.15, 0.2) is 285 Å². The minimum atomic E-state index is -0.434. The van der Waals surface area contributed by atoms with Crippen molar-refractivity contribution in [3.63, 3.8) is 0 Å². The highest BCUT2D eigenvalue weighted by atomic mass is 15.1. The summed E-state index contributed by atoms with van der Waals surface area (Å²) < 4.78 is 2.41. The van der Waals surface area contributed by atoms with E-state index >= 15 is 0 Å². The molecule has 0 bridgehead atoms. The summed E-state index contributed by atoms with van der Waals surface area (Å²) in [6, 6.07) is 106. The topological polar surface area (TPSA) is 8.17 Å². The molecule has 0 saturated heterocycles. The summed E-state index contributed by atoms with van der Waals surface area (Å²) in [7, 11) is 0. The zero-order chi connectivity index (χ0) is 50.6. The summed E-state index contributed by atoms with van der Waals surface area (Å²) in [5.74, 6) is 0.205. The summed E-state index contributed by atoms with van der Waals surface area (Å²) >= 11 is 0. The highest BCUT2D eigenvalue weighted by molar-refractivity contribution is 6.09. The number of hydrogen-bond acceptors (Lipinski definition) is 1. The molecule has 2 heteroatoms. The van der Waals surface area contributed by atoms with E-state index in [0.717, 1.165) is 29.2 Å². The van der Waals surface area contributed by atoms with Crippen LogP contribution in [-0.2, 0) is 11.8 Å². The SMILES string of the molecule is c1ccc(CC2c3ccccc3-c3cc(-c4ccc(N(c5ccccc5)c5ccc6c(c5)C5(c7ccccc7-c7ccccc75)c5ccccc5-6)cc4)cc(-c4ccc(-n5c6ccccc6c6ccccc65)cc4)c32)cc1. The fourth-order valence-corrected chi connectivity index (χ4v) is 14.0. The van der Waals surface area contributed by atoms with Crippen LogP contribution in [0.25, 0.3) is 83.1 Å². The van der Waals surface area contributed by atoms with Crippen molar-refractivity contribution in [2.45, 2.75) is 17.8 Å². The Labute approximate surface area is 449 Å². The van der Waals surface area contributed by atoms with Crippen molar-refractivity contribution >= 4 is 38.9 Å². The molecule has 3 aliphatic rings. The quantitative estimate of drug-likeness (QED) is 0.147. The van der Waals surface area contributed by atoms with Gasteiger partial charge in [0.2, 0.25) is 0 Å². The molecule has 2 nitrogen and oxygen atoms in total. The molecule has 1 spiro atoms. The van der Waals surface area contributed by atoms with Crippen LogP contribution in [0.3, 0.4) is 0 Å². The van der Waals surface area contributed by atoms with Gasteiger partial charge in [-0.15, -0.1) is 0 Å². The maximum atomic E-state index is 2.48. The summed E-state index contributed by atoms with van der Waals surface area (Å²) in [4.78, 5) is 2.44. The van der Waals surface area contributed by atoms with Gasteiger partial charge in [-0.25, -0.2) is 0 Å². The van der Waals surface area contributed by atoms with Crippen molar-refractivity contribution in [3.05, 3.63) is 324 Å². The van der Waals surface area contributed by atoms with Crippen molar-refractivity contribution in [1.29, 1.82) is 0 Å². The average Bonchev–Trinajstić information content (AvgIpc) is 4.01. The third-order valence-electron chi connectivity index (χ3n) is 17.2. The average molecular weight is 979 g/mol. The second-order valence-electron chi connectivity index (χ2n) is 21.1. The molecule has 0 N–H and O–H groups in total. The third-order valence-corrected chi connectivity index (χ3v) is 17.2. The molecule has 16 rings (SSSR count). The molecule has 1 atom stereocenters. The Bertz CT molecular complexity index is 4350. The number of rotatable bonds is 8. The fraction of sp³-hybridized carbons (Fsp3) is 0.0400. The Morgan fingerprint density at radius 3 is 1.44 bits per heavy atom. The molecule has 3 aliphatic carbocycles. The molecule has 13 aromatic rings. The van der Waals surface area contributed by atoms with E-state index in [1.54, 1.807) is 0 Å². The van der Waals surface area contributed by atoms with Gasteiger partial charge in [-0.3, -0.25) is 0 Å². The zero-order valence-corrected chi connectivity index (χ0v) is 42.3. The van der Waals surface area contributed by atoms with Crippen LogP contribution in [0, 0.1) is 0 Å². The maximum absolute atomic E-state index is 2.48. The predicted molar refractivity (Wildman–Crippen MR) is 320 cm³/mol. The highest BCUT2D eigenvalue weighted by Crippen LogP contribution is 2.63. The lowest BCUT2D eigenvalue weighted by molar-refractivity contribution is 0.793. The minimum Gasteiger partial charge on any atom is -0.310 e. The molecule has 77 heavy (non-hydrogen) atoms. The number of benzene rings is 12. The van der Waals surface area contributed by atoms with Gasteiger partial charge in [0.05, 0.1) is 16.4 Å². The summed E-state index contributed by atoms with van der Waals surface area (Å²) in [6.07, 6.45) is 0.926. The van der Waals surface area contributed by atoms with Gasteiger partial charge in [-0.2, -0.15) is 0 Å². The van der Waals surface area contributed by atoms with E-state index < -0.39 is 5.41 Å². The molecular formula is C75H50N2. The maximum Gasteiger partial charge on any atom is 0.0726 e. The lowest BCUT2D eigenvalue weighted by Gasteiger charge is -2.32. The highest BCUT2D eigenvalue weighted by Gasteiger charge is 2.51. The van der Waals surface area contributed by atoms with E-state index in [1.807, 2.05) is 0 Å². The van der Waals surface area contributed by atoms with E-state index in [1.165, 1.54) is 116 Å². The van der Waals surface area contributed by atoms with Gasteiger partial charge in [-0.1, -0.05) is 212 Å². The first-order valence-corrected chi connectivity index (χ1v) is 27.0. The number of fused-ring (bicyclic) bond motifs is 16. The number of hydrogen-bond donors (Lipinski definition) is 0. The largest absolute Gasteiger partial charge is 0.310 e. The molecule has 1 aromatic heterocycles. The monoisotopic (exact) mass is 978 g/mol. The fourth-order valence-electron chi connectivity index (χ4n) is 14.0. The Hall–Kier alpha value is -9.76. The second-order valence-corrected chi connectivity index (χ2v) is 21.1. The molecule has 0 radical (unpaired) electrons. The van der Waals surface area contributed by atoms with Crippen LogP contribution in [0.4, 0.5) is 17.1 Å². The summed E-state index contributed by atoms with van der Waals surface area (Å²) in [5.41, 5.74) is 28.7. The van der Waals surface area contributed by atoms with Crippen LogP contribution >= 0.6 is 0 Å². The second kappa shape index (κ2) is 17.1. The van der Waals surface area contributed by atoms with Crippen molar-refractivity contribution in [3.8, 4) is 61.3 Å². The van der Waals surface area contributed by atoms with Gasteiger partial charge in [0, 0.05) is 39.4 Å². The number of para-hydroxylation sites is 3. The van der Waals surface area contributed by atoms with Crippen LogP contribution in [0.5, 0.6) is 0 Å². The standard InChI is InChI=1S/C75H50N2/c1-3-19-49(20-4-1)45-66-57-23-7-8-24-58(57)67-47-52(46-65(74(66)67)51-37-41-55(42-38-51)77-72-33-17-12-28-63(72)64-29-13-18-34-73(64)77)50-35-39-54(40-36-50)76(53-21-5-2-6-22-53)56-43-44-62-61-27-11-16-32-70(61)75(71(62)48-56)68-30-14-9-25-59(68)60-26-10-15-31-69(60)75/h1-44,46-48,66H,45H2. The zero-order valence-electron chi connectivity index (χ0n) is 42.3. The van der Waals surface area contributed by atoms with Crippen LogP contribution in [0.2, 0.25) is 0 Å². The molecule has 12 aromatic carbocycles. The molecule has 360 valence electrons. The van der Waals surface area contributed by atoms with Crippen LogP contribution in [0.1, 0.15) is 44.9 Å². The number of aromatic nitrogens is 1. The van der Waals surface area contributed by atoms with E-state index in [4.69, 9.17) is 0 Å². The molecule has 1 unspecified atom stereocenters. The van der Waals surface area contributed by atoms with E-state index in [0.29, 0.717) is 0 Å². The van der Waals surface area contributed by atoms with Gasteiger partial charge < -0.3 is 9.47 Å². The van der Waals surface area contributed by atoms with Crippen molar-refractivity contribution in [1.82, 2.24) is 4.57 Å². The molecule has 0 amide bonds. The van der Waals surface area contributed by atoms with Crippen LogP contribution < -0.4 is 4.90 Å². The lowest BCUT2D eigenvalue weighted by atomic mass is 9.70. The summed E-state index contributed by atoms with van der Waals surface area (Å²) in [6.45, 7) is 0. The first-order valence-electron chi connectivity index (χ1n) is 27.0. The number of nitrogens with zero attached hydrogens (tertiary/aromatic N) is 2. The van der Waals surface area contributed by atoms with E-state index in [-0.39, 0.29) is 5.92 Å². The molecule has 0 fully saturated rings. The lowest BCUT2D eigenvalue weighted by Crippen LogP contribution is -2.26. The predicted octanol–water partition coefficient (Wildman–Crippen LogP) is 19.3. The van der Waals surface area contributed by atoms with Gasteiger partial charge in [-0.05, 0) is 174 Å². The minimum absolute atomic E-state index is 0.205. The van der Waals surface area contributed by atoms with Crippen LogP contribution in [-0.4, -0.2) is 4.57 Å². The Balaban J connectivity index is 0.840. The van der Waals surface area contributed by atoms with Gasteiger partial charge >= 0.3 is 0 Å². The van der Waals surface area contributed by atoms with Crippen molar-refractivity contribution < 1.29 is 0 Å². The third kappa shape index (κ3) is 6.49.